The lowest BCUT2D eigenvalue weighted by molar-refractivity contribution is -0.124. The van der Waals surface area contributed by atoms with Crippen LogP contribution in [0.1, 0.15) is 60.5 Å². The zero-order valence-electron chi connectivity index (χ0n) is 22.5. The van der Waals surface area contributed by atoms with Gasteiger partial charge < -0.3 is 25.3 Å². The first-order valence-electron chi connectivity index (χ1n) is 13.8. The lowest BCUT2D eigenvalue weighted by Crippen LogP contribution is -2.48. The number of piperidine rings is 2. The highest BCUT2D eigenvalue weighted by molar-refractivity contribution is 7.17. The van der Waals surface area contributed by atoms with Crippen molar-refractivity contribution in [2.75, 3.05) is 42.9 Å². The Hall–Kier alpha value is -3.14. The third-order valence-electron chi connectivity index (χ3n) is 7.95. The standard InChI is InChI=1S/C28H38N6O3S/c1-18(2)25(35)30-21-9-13-32(14-10-21)26(36)24-19(3)29-28(38-24)33-15-11-22(12-16-33)34-17-8-20-6-4-5-7-23(20)31-27(34)37/h4-7,18,21-22H,8-17H2,1-3H3,(H,30,35)(H,31,37). The van der Waals surface area contributed by atoms with E-state index in [1.165, 1.54) is 16.9 Å². The second kappa shape index (κ2) is 11.3. The predicted molar refractivity (Wildman–Crippen MR) is 150 cm³/mol. The quantitative estimate of drug-likeness (QED) is 0.602. The van der Waals surface area contributed by atoms with Crippen molar-refractivity contribution in [3.63, 3.8) is 0 Å². The highest BCUT2D eigenvalue weighted by atomic mass is 32.1. The van der Waals surface area contributed by atoms with Crippen LogP contribution in [0.5, 0.6) is 0 Å². The summed E-state index contributed by atoms with van der Waals surface area (Å²) in [7, 11) is 0. The maximum Gasteiger partial charge on any atom is 0.322 e. The number of aryl methyl sites for hydroxylation is 1. The van der Waals surface area contributed by atoms with E-state index in [0.29, 0.717) is 18.0 Å². The average Bonchev–Trinajstić information content (AvgIpc) is 3.22. The highest BCUT2D eigenvalue weighted by Crippen LogP contribution is 2.31. The van der Waals surface area contributed by atoms with Gasteiger partial charge in [0.15, 0.2) is 5.13 Å². The van der Waals surface area contributed by atoms with Crippen LogP contribution in [0.15, 0.2) is 24.3 Å². The molecule has 3 aliphatic heterocycles. The Morgan fingerprint density at radius 1 is 1.05 bits per heavy atom. The summed E-state index contributed by atoms with van der Waals surface area (Å²) in [5.41, 5.74) is 2.87. The molecular formula is C28H38N6O3S. The van der Waals surface area contributed by atoms with Gasteiger partial charge in [0.25, 0.3) is 5.91 Å². The van der Waals surface area contributed by atoms with Crippen molar-refractivity contribution in [1.29, 1.82) is 0 Å². The molecule has 0 unspecified atom stereocenters. The van der Waals surface area contributed by atoms with Crippen LogP contribution in [0, 0.1) is 12.8 Å². The number of carbonyl (C=O) groups excluding carboxylic acids is 3. The number of hydrogen-bond acceptors (Lipinski definition) is 6. The fraction of sp³-hybridized carbons (Fsp3) is 0.571. The fourth-order valence-electron chi connectivity index (χ4n) is 5.56. The summed E-state index contributed by atoms with van der Waals surface area (Å²) in [6.45, 7) is 9.32. The number of aromatic nitrogens is 1. The summed E-state index contributed by atoms with van der Waals surface area (Å²) >= 11 is 1.48. The third-order valence-corrected chi connectivity index (χ3v) is 9.16. The van der Waals surface area contributed by atoms with Crippen LogP contribution in [0.25, 0.3) is 0 Å². The molecule has 4 heterocycles. The Morgan fingerprint density at radius 2 is 1.76 bits per heavy atom. The van der Waals surface area contributed by atoms with Crippen LogP contribution < -0.4 is 15.5 Å². The molecular weight excluding hydrogens is 500 g/mol. The van der Waals surface area contributed by atoms with E-state index in [1.807, 2.05) is 48.8 Å². The minimum atomic E-state index is -0.0309. The first kappa shape index (κ1) is 26.5. The van der Waals surface area contributed by atoms with Gasteiger partial charge in [-0.15, -0.1) is 0 Å². The smallest absolute Gasteiger partial charge is 0.322 e. The van der Waals surface area contributed by atoms with E-state index in [1.54, 1.807) is 0 Å². The number of para-hydroxylation sites is 1. The number of benzene rings is 1. The summed E-state index contributed by atoms with van der Waals surface area (Å²) in [6.07, 6.45) is 4.16. The number of amides is 4. The van der Waals surface area contributed by atoms with Crippen molar-refractivity contribution in [1.82, 2.24) is 20.1 Å². The SMILES string of the molecule is Cc1nc(N2CCC(N3CCc4ccccc4NC3=O)CC2)sc1C(=O)N1CCC(NC(=O)C(C)C)CC1. The van der Waals surface area contributed by atoms with Crippen LogP contribution in [0.4, 0.5) is 15.6 Å². The molecule has 204 valence electrons. The van der Waals surface area contributed by atoms with Crippen molar-refractivity contribution < 1.29 is 14.4 Å². The molecule has 4 amide bonds. The molecule has 2 N–H and O–H groups in total. The van der Waals surface area contributed by atoms with Gasteiger partial charge in [-0.05, 0) is 50.7 Å². The van der Waals surface area contributed by atoms with Crippen LogP contribution in [0.2, 0.25) is 0 Å². The Kier molecular flexibility index (Phi) is 7.88. The van der Waals surface area contributed by atoms with E-state index in [-0.39, 0.29) is 35.8 Å². The minimum Gasteiger partial charge on any atom is -0.353 e. The number of carbonyl (C=O) groups is 3. The maximum atomic E-state index is 13.3. The number of urea groups is 1. The lowest BCUT2D eigenvalue weighted by Gasteiger charge is -2.37. The molecule has 9 nitrogen and oxygen atoms in total. The summed E-state index contributed by atoms with van der Waals surface area (Å²) in [5.74, 6) is 0.0790. The third kappa shape index (κ3) is 5.65. The number of likely N-dealkylation sites (tertiary alicyclic amines) is 1. The Bertz CT molecular complexity index is 1180. The molecule has 1 aromatic heterocycles. The number of fused-ring (bicyclic) bond motifs is 1. The molecule has 0 bridgehead atoms. The normalized spacial score (nSPS) is 19.3. The van der Waals surface area contributed by atoms with Gasteiger partial charge in [-0.2, -0.15) is 0 Å². The summed E-state index contributed by atoms with van der Waals surface area (Å²) in [4.78, 5) is 49.9. The van der Waals surface area contributed by atoms with E-state index in [0.717, 1.165) is 68.3 Å². The van der Waals surface area contributed by atoms with Crippen molar-refractivity contribution in [2.24, 2.45) is 5.92 Å². The topological polar surface area (TPSA) is 97.9 Å². The van der Waals surface area contributed by atoms with Gasteiger partial charge in [0.2, 0.25) is 5.91 Å². The first-order valence-corrected chi connectivity index (χ1v) is 14.6. The monoisotopic (exact) mass is 538 g/mol. The maximum absolute atomic E-state index is 13.3. The van der Waals surface area contributed by atoms with Crippen LogP contribution in [-0.2, 0) is 11.2 Å². The van der Waals surface area contributed by atoms with E-state index < -0.39 is 0 Å². The lowest BCUT2D eigenvalue weighted by atomic mass is 10.0. The number of hydrogen-bond donors (Lipinski definition) is 2. The molecule has 2 aromatic rings. The fourth-order valence-corrected chi connectivity index (χ4v) is 6.65. The average molecular weight is 539 g/mol. The van der Waals surface area contributed by atoms with Crippen LogP contribution in [0.3, 0.4) is 0 Å². The number of rotatable bonds is 5. The Morgan fingerprint density at radius 3 is 2.47 bits per heavy atom. The molecule has 1 aromatic carbocycles. The van der Waals surface area contributed by atoms with Crippen molar-refractivity contribution in [2.45, 2.75) is 65.0 Å². The summed E-state index contributed by atoms with van der Waals surface area (Å²) in [5, 5.41) is 7.06. The Balaban J connectivity index is 1.15. The molecule has 38 heavy (non-hydrogen) atoms. The van der Waals surface area contributed by atoms with Gasteiger partial charge in [-0.1, -0.05) is 43.4 Å². The molecule has 3 aliphatic rings. The second-order valence-corrected chi connectivity index (χ2v) is 11.9. The number of nitrogens with one attached hydrogen (secondary N) is 2. The van der Waals surface area contributed by atoms with Gasteiger partial charge in [-0.3, -0.25) is 9.59 Å². The van der Waals surface area contributed by atoms with Gasteiger partial charge in [-0.25, -0.2) is 9.78 Å². The number of thiazole rings is 1. The Labute approximate surface area is 228 Å². The zero-order chi connectivity index (χ0) is 26.8. The van der Waals surface area contributed by atoms with E-state index in [9.17, 15) is 14.4 Å². The molecule has 2 saturated heterocycles. The molecule has 0 spiro atoms. The van der Waals surface area contributed by atoms with Crippen LogP contribution >= 0.6 is 11.3 Å². The van der Waals surface area contributed by atoms with E-state index in [2.05, 4.69) is 21.6 Å². The van der Waals surface area contributed by atoms with E-state index in [4.69, 9.17) is 4.98 Å². The van der Waals surface area contributed by atoms with Gasteiger partial charge in [0, 0.05) is 56.4 Å². The second-order valence-electron chi connectivity index (χ2n) is 10.9. The van der Waals surface area contributed by atoms with Gasteiger partial charge in [0.1, 0.15) is 4.88 Å². The van der Waals surface area contributed by atoms with Crippen LogP contribution in [-0.4, -0.2) is 77.4 Å². The molecule has 2 fully saturated rings. The molecule has 5 rings (SSSR count). The highest BCUT2D eigenvalue weighted by Gasteiger charge is 2.32. The summed E-state index contributed by atoms with van der Waals surface area (Å²) < 4.78 is 0. The van der Waals surface area contributed by atoms with Crippen molar-refractivity contribution in [3.05, 3.63) is 40.4 Å². The largest absolute Gasteiger partial charge is 0.353 e. The molecule has 0 saturated carbocycles. The summed E-state index contributed by atoms with van der Waals surface area (Å²) in [6, 6.07) is 8.34. The predicted octanol–water partition coefficient (Wildman–Crippen LogP) is 3.89. The zero-order valence-corrected chi connectivity index (χ0v) is 23.4. The number of anilines is 2. The molecule has 0 aliphatic carbocycles. The van der Waals surface area contributed by atoms with E-state index >= 15 is 0 Å². The minimum absolute atomic E-state index is 0.0149. The van der Waals surface area contributed by atoms with Gasteiger partial charge in [0.05, 0.1) is 5.69 Å². The molecule has 0 radical (unpaired) electrons. The van der Waals surface area contributed by atoms with Crippen molar-refractivity contribution >= 4 is 40.0 Å². The molecule has 0 atom stereocenters. The van der Waals surface area contributed by atoms with Gasteiger partial charge >= 0.3 is 6.03 Å². The molecule has 10 heteroatoms. The van der Waals surface area contributed by atoms with Crippen molar-refractivity contribution in [3.8, 4) is 0 Å². The number of nitrogens with zero attached hydrogens (tertiary/aromatic N) is 4. The first-order chi connectivity index (χ1) is 18.3.